The zero-order valence-corrected chi connectivity index (χ0v) is 14.5. The van der Waals surface area contributed by atoms with E-state index in [-0.39, 0.29) is 4.90 Å². The van der Waals surface area contributed by atoms with Crippen molar-refractivity contribution >= 4 is 32.0 Å². The van der Waals surface area contributed by atoms with E-state index < -0.39 is 27.1 Å². The number of hydrogen-bond donors (Lipinski definition) is 1. The van der Waals surface area contributed by atoms with Crippen LogP contribution in [0, 0.1) is 5.41 Å². The number of amides is 1. The van der Waals surface area contributed by atoms with Gasteiger partial charge in [-0.25, -0.2) is 13.2 Å². The molecule has 1 aliphatic carbocycles. The van der Waals surface area contributed by atoms with Crippen LogP contribution in [0.1, 0.15) is 33.6 Å². The van der Waals surface area contributed by atoms with Crippen molar-refractivity contribution in [3.05, 3.63) is 28.7 Å². The molecule has 0 bridgehead atoms. The lowest BCUT2D eigenvalue weighted by molar-refractivity contribution is 0.118. The Balaban J connectivity index is 2.60. The lowest BCUT2D eigenvalue weighted by Crippen LogP contribution is -2.52. The van der Waals surface area contributed by atoms with Crippen molar-refractivity contribution in [2.24, 2.45) is 5.41 Å². The number of nitrogens with zero attached hydrogens (tertiary/aromatic N) is 1. The summed E-state index contributed by atoms with van der Waals surface area (Å²) in [5.41, 5.74) is -1.33. The summed E-state index contributed by atoms with van der Waals surface area (Å²) < 4.78 is 26.7. The van der Waals surface area contributed by atoms with Crippen LogP contribution in [0.3, 0.4) is 0 Å². The number of carboxylic acid groups (broad SMARTS) is 1. The fourth-order valence-corrected chi connectivity index (χ4v) is 5.43. The molecule has 1 saturated carbocycles. The first kappa shape index (κ1) is 16.3. The highest BCUT2D eigenvalue weighted by molar-refractivity contribution is 9.10. The minimum Gasteiger partial charge on any atom is -0.464 e. The first-order chi connectivity index (χ1) is 9.54. The average Bonchev–Trinajstić information content (AvgIpc) is 3.09. The van der Waals surface area contributed by atoms with Crippen molar-refractivity contribution in [2.45, 2.75) is 44.0 Å². The van der Waals surface area contributed by atoms with E-state index in [0.717, 1.165) is 0 Å². The van der Waals surface area contributed by atoms with Gasteiger partial charge in [0.25, 0.3) is 10.0 Å². The van der Waals surface area contributed by atoms with Crippen LogP contribution >= 0.6 is 15.9 Å². The average molecular weight is 376 g/mol. The molecule has 21 heavy (non-hydrogen) atoms. The maximum absolute atomic E-state index is 12.8. The molecule has 1 aromatic rings. The van der Waals surface area contributed by atoms with Crippen LogP contribution in [-0.2, 0) is 10.0 Å². The molecule has 1 aromatic carbocycles. The van der Waals surface area contributed by atoms with Crippen LogP contribution < -0.4 is 0 Å². The van der Waals surface area contributed by atoms with Gasteiger partial charge in [-0.15, -0.1) is 0 Å². The van der Waals surface area contributed by atoms with Gasteiger partial charge in [-0.3, -0.25) is 0 Å². The number of sulfonamides is 1. The van der Waals surface area contributed by atoms with Gasteiger partial charge < -0.3 is 5.11 Å². The van der Waals surface area contributed by atoms with Crippen molar-refractivity contribution in [3.63, 3.8) is 0 Å². The maximum atomic E-state index is 12.8. The molecule has 0 unspecified atom stereocenters. The van der Waals surface area contributed by atoms with Gasteiger partial charge in [0.05, 0.1) is 5.54 Å². The highest BCUT2D eigenvalue weighted by atomic mass is 79.9. The highest BCUT2D eigenvalue weighted by Crippen LogP contribution is 2.56. The lowest BCUT2D eigenvalue weighted by Gasteiger charge is -2.38. The van der Waals surface area contributed by atoms with Crippen LogP contribution in [0.4, 0.5) is 4.79 Å². The molecule has 0 radical (unpaired) electrons. The molecule has 7 heteroatoms. The van der Waals surface area contributed by atoms with Crippen LogP contribution in [-0.4, -0.2) is 29.5 Å². The molecule has 0 saturated heterocycles. The van der Waals surface area contributed by atoms with Gasteiger partial charge in [0, 0.05) is 4.47 Å². The minimum absolute atomic E-state index is 0.0251. The van der Waals surface area contributed by atoms with Gasteiger partial charge >= 0.3 is 6.09 Å². The van der Waals surface area contributed by atoms with E-state index in [4.69, 9.17) is 0 Å². The standard InChI is InChI=1S/C14H18BrNO4S/c1-13(2,3)14(8-9-14)16(12(17)18)21(19,20)11-7-5-4-6-10(11)15/h4-7H,8-9H2,1-3H3,(H,17,18). The monoisotopic (exact) mass is 375 g/mol. The molecular formula is C14H18BrNO4S. The summed E-state index contributed by atoms with van der Waals surface area (Å²) in [5.74, 6) is 0. The topological polar surface area (TPSA) is 74.7 Å². The van der Waals surface area contributed by atoms with E-state index in [1.165, 1.54) is 6.07 Å². The molecule has 0 spiro atoms. The second-order valence-corrected chi connectivity index (χ2v) is 8.87. The Hall–Kier alpha value is -1.08. The fourth-order valence-electron chi connectivity index (χ4n) is 2.64. The van der Waals surface area contributed by atoms with Crippen LogP contribution in [0.2, 0.25) is 0 Å². The van der Waals surface area contributed by atoms with Gasteiger partial charge in [-0.05, 0) is 46.3 Å². The minimum atomic E-state index is -4.12. The van der Waals surface area contributed by atoms with Gasteiger partial charge in [-0.2, -0.15) is 4.31 Å². The highest BCUT2D eigenvalue weighted by Gasteiger charge is 2.62. The van der Waals surface area contributed by atoms with Crippen molar-refractivity contribution in [1.29, 1.82) is 0 Å². The summed E-state index contributed by atoms with van der Waals surface area (Å²) in [6.07, 6.45) is -0.336. The number of benzene rings is 1. The first-order valence-corrected chi connectivity index (χ1v) is 8.80. The second kappa shape index (κ2) is 4.98. The Labute approximate surface area is 133 Å². The third kappa shape index (κ3) is 2.57. The van der Waals surface area contributed by atoms with Gasteiger partial charge in [-0.1, -0.05) is 32.9 Å². The summed E-state index contributed by atoms with van der Waals surface area (Å²) in [5, 5.41) is 9.53. The Morgan fingerprint density at radius 3 is 2.19 bits per heavy atom. The molecule has 0 aromatic heterocycles. The number of carbonyl (C=O) groups is 1. The summed E-state index contributed by atoms with van der Waals surface area (Å²) in [6.45, 7) is 5.60. The molecule has 116 valence electrons. The molecule has 0 aliphatic heterocycles. The third-order valence-electron chi connectivity index (χ3n) is 4.04. The van der Waals surface area contributed by atoms with E-state index in [0.29, 0.717) is 21.6 Å². The Bertz CT molecular complexity index is 674. The van der Waals surface area contributed by atoms with Gasteiger partial charge in [0.15, 0.2) is 0 Å². The zero-order valence-electron chi connectivity index (χ0n) is 12.1. The summed E-state index contributed by atoms with van der Waals surface area (Å²) in [6, 6.07) is 6.26. The first-order valence-electron chi connectivity index (χ1n) is 6.57. The summed E-state index contributed by atoms with van der Waals surface area (Å²) >= 11 is 3.19. The smallest absolute Gasteiger partial charge is 0.421 e. The Kier molecular flexibility index (Phi) is 3.87. The molecular weight excluding hydrogens is 358 g/mol. The maximum Gasteiger partial charge on any atom is 0.421 e. The largest absolute Gasteiger partial charge is 0.464 e. The van der Waals surface area contributed by atoms with Crippen molar-refractivity contribution in [2.75, 3.05) is 0 Å². The molecule has 0 atom stereocenters. The molecule has 1 fully saturated rings. The summed E-state index contributed by atoms with van der Waals surface area (Å²) in [7, 11) is -4.12. The van der Waals surface area contributed by atoms with E-state index in [1.807, 2.05) is 20.8 Å². The van der Waals surface area contributed by atoms with E-state index >= 15 is 0 Å². The normalized spacial score (nSPS) is 17.3. The summed E-state index contributed by atoms with van der Waals surface area (Å²) in [4.78, 5) is 11.7. The third-order valence-corrected chi connectivity index (χ3v) is 6.89. The molecule has 2 rings (SSSR count). The Morgan fingerprint density at radius 1 is 1.29 bits per heavy atom. The number of hydrogen-bond acceptors (Lipinski definition) is 3. The molecule has 0 heterocycles. The van der Waals surface area contributed by atoms with Crippen molar-refractivity contribution in [1.82, 2.24) is 4.31 Å². The van der Waals surface area contributed by atoms with Crippen molar-refractivity contribution < 1.29 is 18.3 Å². The van der Waals surface area contributed by atoms with E-state index in [2.05, 4.69) is 15.9 Å². The number of rotatable bonds is 3. The van der Waals surface area contributed by atoms with Gasteiger partial charge in [0.2, 0.25) is 0 Å². The van der Waals surface area contributed by atoms with Gasteiger partial charge in [0.1, 0.15) is 4.90 Å². The second-order valence-electron chi connectivity index (χ2n) is 6.26. The molecule has 1 aliphatic rings. The molecule has 5 nitrogen and oxygen atoms in total. The SMILES string of the molecule is CC(C)(C)C1(N(C(=O)O)S(=O)(=O)c2ccccc2Br)CC1. The molecule has 1 N–H and O–H groups in total. The number of halogens is 1. The lowest BCUT2D eigenvalue weighted by atomic mass is 9.84. The molecule has 1 amide bonds. The van der Waals surface area contributed by atoms with E-state index in [9.17, 15) is 18.3 Å². The zero-order chi connectivity index (χ0) is 16.1. The Morgan fingerprint density at radius 2 is 1.81 bits per heavy atom. The van der Waals surface area contributed by atoms with Crippen LogP contribution in [0.5, 0.6) is 0 Å². The predicted molar refractivity (Wildman–Crippen MR) is 82.6 cm³/mol. The van der Waals surface area contributed by atoms with Crippen LogP contribution in [0.25, 0.3) is 0 Å². The predicted octanol–water partition coefficient (Wildman–Crippen LogP) is 3.70. The van der Waals surface area contributed by atoms with Crippen molar-refractivity contribution in [3.8, 4) is 0 Å². The quantitative estimate of drug-likeness (QED) is 0.873. The fraction of sp³-hybridized carbons (Fsp3) is 0.500. The van der Waals surface area contributed by atoms with Crippen LogP contribution in [0.15, 0.2) is 33.6 Å². The van der Waals surface area contributed by atoms with E-state index in [1.54, 1.807) is 18.2 Å².